The van der Waals surface area contributed by atoms with E-state index in [4.69, 9.17) is 4.74 Å². The highest BCUT2D eigenvalue weighted by Gasteiger charge is 2.17. The van der Waals surface area contributed by atoms with Crippen LogP contribution in [0.3, 0.4) is 0 Å². The largest absolute Gasteiger partial charge is 0.377 e. The minimum absolute atomic E-state index is 0.0123. The average molecular weight is 265 g/mol. The van der Waals surface area contributed by atoms with Crippen LogP contribution in [0, 0.1) is 5.82 Å². The van der Waals surface area contributed by atoms with Crippen molar-refractivity contribution in [3.05, 3.63) is 35.6 Å². The molecule has 4 heteroatoms. The Morgan fingerprint density at radius 3 is 2.74 bits per heavy atom. The number of likely N-dealkylation sites (N-methyl/N-ethyl adjacent to an activating group) is 1. The van der Waals surface area contributed by atoms with E-state index >= 15 is 0 Å². The number of carbonyl (C=O) groups excluding carboxylic acids is 1. The molecule has 0 aliphatic carbocycles. The van der Waals surface area contributed by atoms with Crippen molar-refractivity contribution in [1.82, 2.24) is 4.90 Å². The number of halogens is 1. The Bertz CT molecular complexity index is 413. The lowest BCUT2D eigenvalue weighted by molar-refractivity contribution is -0.000668. The summed E-state index contributed by atoms with van der Waals surface area (Å²) >= 11 is 0. The van der Waals surface area contributed by atoms with Crippen LogP contribution < -0.4 is 0 Å². The second-order valence-corrected chi connectivity index (χ2v) is 5.12. The van der Waals surface area contributed by atoms with E-state index in [2.05, 4.69) is 0 Å². The van der Waals surface area contributed by atoms with Gasteiger partial charge in [-0.1, -0.05) is 0 Å². The van der Waals surface area contributed by atoms with Crippen molar-refractivity contribution in [3.63, 3.8) is 0 Å². The molecule has 19 heavy (non-hydrogen) atoms. The van der Waals surface area contributed by atoms with Gasteiger partial charge >= 0.3 is 0 Å². The standard InChI is InChI=1S/C15H20FNO2/c1-17(10-14-4-2-3-9-19-14)11-15(18)12-5-7-13(16)8-6-12/h5-8,14H,2-4,9-11H2,1H3. The Labute approximate surface area is 113 Å². The molecule has 1 saturated heterocycles. The monoisotopic (exact) mass is 265 g/mol. The number of ketones is 1. The van der Waals surface area contributed by atoms with Gasteiger partial charge in [0.05, 0.1) is 12.6 Å². The highest BCUT2D eigenvalue weighted by atomic mass is 19.1. The van der Waals surface area contributed by atoms with Crippen LogP contribution in [0.2, 0.25) is 0 Å². The van der Waals surface area contributed by atoms with Crippen LogP contribution in [-0.2, 0) is 4.74 Å². The van der Waals surface area contributed by atoms with E-state index in [9.17, 15) is 9.18 Å². The number of hydrogen-bond acceptors (Lipinski definition) is 3. The summed E-state index contributed by atoms with van der Waals surface area (Å²) in [6.07, 6.45) is 3.63. The van der Waals surface area contributed by atoms with E-state index in [1.807, 2.05) is 11.9 Å². The van der Waals surface area contributed by atoms with Crippen LogP contribution >= 0.6 is 0 Å². The number of carbonyl (C=O) groups is 1. The first-order valence-electron chi connectivity index (χ1n) is 6.74. The van der Waals surface area contributed by atoms with Gasteiger partial charge in [-0.3, -0.25) is 9.69 Å². The molecule has 2 rings (SSSR count). The van der Waals surface area contributed by atoms with Crippen LogP contribution in [0.1, 0.15) is 29.6 Å². The molecule has 0 amide bonds. The van der Waals surface area contributed by atoms with Gasteiger partial charge in [0.2, 0.25) is 0 Å². The molecular formula is C15H20FNO2. The van der Waals surface area contributed by atoms with E-state index in [0.717, 1.165) is 26.0 Å². The summed E-state index contributed by atoms with van der Waals surface area (Å²) in [4.78, 5) is 14.0. The van der Waals surface area contributed by atoms with Gasteiger partial charge in [-0.05, 0) is 50.6 Å². The second kappa shape index (κ2) is 6.78. The summed E-state index contributed by atoms with van der Waals surface area (Å²) < 4.78 is 18.4. The SMILES string of the molecule is CN(CC(=O)c1ccc(F)cc1)CC1CCCCO1. The van der Waals surface area contributed by atoms with Crippen molar-refractivity contribution in [1.29, 1.82) is 0 Å². The van der Waals surface area contributed by atoms with E-state index in [1.54, 1.807) is 0 Å². The minimum Gasteiger partial charge on any atom is -0.377 e. The van der Waals surface area contributed by atoms with Crippen LogP contribution in [-0.4, -0.2) is 43.5 Å². The molecule has 0 spiro atoms. The Balaban J connectivity index is 1.82. The van der Waals surface area contributed by atoms with Crippen LogP contribution in [0.25, 0.3) is 0 Å². The predicted molar refractivity (Wildman–Crippen MR) is 71.8 cm³/mol. The molecule has 1 aromatic carbocycles. The first kappa shape index (κ1) is 14.2. The molecule has 0 saturated carbocycles. The number of benzene rings is 1. The molecule has 1 atom stereocenters. The first-order valence-corrected chi connectivity index (χ1v) is 6.74. The van der Waals surface area contributed by atoms with Gasteiger partial charge in [0.15, 0.2) is 5.78 Å². The van der Waals surface area contributed by atoms with E-state index in [0.29, 0.717) is 12.1 Å². The molecule has 0 bridgehead atoms. The number of rotatable bonds is 5. The Morgan fingerprint density at radius 2 is 2.11 bits per heavy atom. The first-order chi connectivity index (χ1) is 9.15. The van der Waals surface area contributed by atoms with Crippen molar-refractivity contribution >= 4 is 5.78 Å². The fourth-order valence-electron chi connectivity index (χ4n) is 2.34. The van der Waals surface area contributed by atoms with Crippen molar-refractivity contribution in [2.24, 2.45) is 0 Å². The van der Waals surface area contributed by atoms with Crippen molar-refractivity contribution in [2.75, 3.05) is 26.7 Å². The maximum atomic E-state index is 12.8. The average Bonchev–Trinajstić information content (AvgIpc) is 2.40. The van der Waals surface area contributed by atoms with Gasteiger partial charge in [0, 0.05) is 18.7 Å². The quantitative estimate of drug-likeness (QED) is 0.766. The molecule has 1 aliphatic rings. The van der Waals surface area contributed by atoms with Crippen LogP contribution in [0.5, 0.6) is 0 Å². The predicted octanol–water partition coefficient (Wildman–Crippen LogP) is 2.51. The molecule has 3 nitrogen and oxygen atoms in total. The van der Waals surface area contributed by atoms with Gasteiger partial charge in [-0.25, -0.2) is 4.39 Å². The lowest BCUT2D eigenvalue weighted by Crippen LogP contribution is -2.36. The fourth-order valence-corrected chi connectivity index (χ4v) is 2.34. The fraction of sp³-hybridized carbons (Fsp3) is 0.533. The maximum absolute atomic E-state index is 12.8. The van der Waals surface area contributed by atoms with Gasteiger partial charge in [-0.15, -0.1) is 0 Å². The number of hydrogen-bond donors (Lipinski definition) is 0. The van der Waals surface area contributed by atoms with Crippen molar-refractivity contribution in [2.45, 2.75) is 25.4 Å². The molecule has 0 aromatic heterocycles. The maximum Gasteiger partial charge on any atom is 0.176 e. The summed E-state index contributed by atoms with van der Waals surface area (Å²) in [7, 11) is 1.92. The summed E-state index contributed by atoms with van der Waals surface area (Å²) in [5.41, 5.74) is 0.554. The van der Waals surface area contributed by atoms with E-state index < -0.39 is 0 Å². The molecule has 0 radical (unpaired) electrons. The molecule has 1 heterocycles. The Hall–Kier alpha value is -1.26. The lowest BCUT2D eigenvalue weighted by Gasteiger charge is -2.27. The summed E-state index contributed by atoms with van der Waals surface area (Å²) in [5.74, 6) is -0.307. The molecule has 0 N–H and O–H groups in total. The topological polar surface area (TPSA) is 29.5 Å². The molecule has 1 unspecified atom stereocenters. The zero-order valence-corrected chi connectivity index (χ0v) is 11.3. The number of nitrogens with zero attached hydrogens (tertiary/aromatic N) is 1. The highest BCUT2D eigenvalue weighted by molar-refractivity contribution is 5.97. The Morgan fingerprint density at radius 1 is 1.37 bits per heavy atom. The normalized spacial score (nSPS) is 19.6. The van der Waals surface area contributed by atoms with E-state index in [-0.39, 0.29) is 17.7 Å². The third kappa shape index (κ3) is 4.40. The summed E-state index contributed by atoms with van der Waals surface area (Å²) in [6.45, 7) is 1.93. The third-order valence-corrected chi connectivity index (χ3v) is 3.37. The molecule has 104 valence electrons. The van der Waals surface area contributed by atoms with Crippen molar-refractivity contribution in [3.8, 4) is 0 Å². The zero-order chi connectivity index (χ0) is 13.7. The molecular weight excluding hydrogens is 245 g/mol. The van der Waals surface area contributed by atoms with Gasteiger partial charge in [0.1, 0.15) is 5.82 Å². The van der Waals surface area contributed by atoms with Gasteiger partial charge in [-0.2, -0.15) is 0 Å². The second-order valence-electron chi connectivity index (χ2n) is 5.12. The summed E-state index contributed by atoms with van der Waals surface area (Å²) in [6, 6.07) is 5.69. The lowest BCUT2D eigenvalue weighted by atomic mass is 10.1. The van der Waals surface area contributed by atoms with Gasteiger partial charge in [0.25, 0.3) is 0 Å². The molecule has 1 aliphatic heterocycles. The minimum atomic E-state index is -0.319. The summed E-state index contributed by atoms with van der Waals surface area (Å²) in [5, 5.41) is 0. The molecule has 1 fully saturated rings. The Kier molecular flexibility index (Phi) is 5.05. The van der Waals surface area contributed by atoms with Crippen LogP contribution in [0.15, 0.2) is 24.3 Å². The smallest absolute Gasteiger partial charge is 0.176 e. The van der Waals surface area contributed by atoms with Gasteiger partial charge < -0.3 is 4.74 Å². The number of Topliss-reactive ketones (excluding diaryl/α,β-unsaturated/α-hetero) is 1. The van der Waals surface area contributed by atoms with Crippen molar-refractivity contribution < 1.29 is 13.9 Å². The van der Waals surface area contributed by atoms with E-state index in [1.165, 1.54) is 30.7 Å². The van der Waals surface area contributed by atoms with Crippen LogP contribution in [0.4, 0.5) is 4.39 Å². The zero-order valence-electron chi connectivity index (χ0n) is 11.3. The number of ether oxygens (including phenoxy) is 1. The highest BCUT2D eigenvalue weighted by Crippen LogP contribution is 2.13. The third-order valence-electron chi connectivity index (χ3n) is 3.37. The molecule has 1 aromatic rings.